The standard InChI is InChI=1S/C12H7BrCl2FNO2S/c13-8-5-4-7(6-10(8)15)20(18,19)17-11-3-1-2-9(14)12(11)16/h1-6,17H. The van der Waals surface area contributed by atoms with Crippen LogP contribution in [0.3, 0.4) is 0 Å². The van der Waals surface area contributed by atoms with Crippen LogP contribution in [0, 0.1) is 5.82 Å². The minimum atomic E-state index is -3.95. The van der Waals surface area contributed by atoms with E-state index in [-0.39, 0.29) is 20.6 Å². The zero-order valence-corrected chi connectivity index (χ0v) is 13.6. The van der Waals surface area contributed by atoms with Crippen LogP contribution in [-0.4, -0.2) is 8.42 Å². The topological polar surface area (TPSA) is 46.2 Å². The summed E-state index contributed by atoms with van der Waals surface area (Å²) in [5.74, 6) is -0.832. The summed E-state index contributed by atoms with van der Waals surface area (Å²) in [6.45, 7) is 0. The Kier molecular flexibility index (Phi) is 4.59. The number of hydrogen-bond donors (Lipinski definition) is 1. The van der Waals surface area contributed by atoms with Gasteiger partial charge in [-0.2, -0.15) is 0 Å². The van der Waals surface area contributed by atoms with Crippen LogP contribution in [0.5, 0.6) is 0 Å². The smallest absolute Gasteiger partial charge is 0.262 e. The minimum Gasteiger partial charge on any atom is -0.277 e. The van der Waals surface area contributed by atoms with Crippen molar-refractivity contribution >= 4 is 54.8 Å². The Morgan fingerprint density at radius 3 is 2.45 bits per heavy atom. The van der Waals surface area contributed by atoms with Gasteiger partial charge in [-0.3, -0.25) is 4.72 Å². The van der Waals surface area contributed by atoms with E-state index in [4.69, 9.17) is 23.2 Å². The second-order valence-corrected chi connectivity index (χ2v) is 7.13. The van der Waals surface area contributed by atoms with Crippen LogP contribution in [-0.2, 0) is 10.0 Å². The van der Waals surface area contributed by atoms with Gasteiger partial charge in [0.05, 0.1) is 20.6 Å². The lowest BCUT2D eigenvalue weighted by molar-refractivity contribution is 0.598. The average Bonchev–Trinajstić information content (AvgIpc) is 2.38. The second kappa shape index (κ2) is 5.89. The molecule has 0 saturated heterocycles. The molecule has 8 heteroatoms. The van der Waals surface area contributed by atoms with Gasteiger partial charge < -0.3 is 0 Å². The summed E-state index contributed by atoms with van der Waals surface area (Å²) in [6, 6.07) is 8.14. The molecule has 0 atom stereocenters. The Morgan fingerprint density at radius 1 is 1.10 bits per heavy atom. The summed E-state index contributed by atoms with van der Waals surface area (Å²) in [7, 11) is -3.95. The summed E-state index contributed by atoms with van der Waals surface area (Å²) in [4.78, 5) is -0.0786. The Balaban J connectivity index is 2.41. The highest BCUT2D eigenvalue weighted by Crippen LogP contribution is 2.28. The van der Waals surface area contributed by atoms with E-state index in [1.54, 1.807) is 0 Å². The molecule has 20 heavy (non-hydrogen) atoms. The fourth-order valence-corrected chi connectivity index (χ4v) is 3.18. The fourth-order valence-electron chi connectivity index (χ4n) is 1.43. The van der Waals surface area contributed by atoms with Crippen molar-refractivity contribution in [2.24, 2.45) is 0 Å². The molecule has 0 heterocycles. The van der Waals surface area contributed by atoms with Gasteiger partial charge in [0.1, 0.15) is 0 Å². The highest BCUT2D eigenvalue weighted by Gasteiger charge is 2.18. The van der Waals surface area contributed by atoms with Crippen molar-refractivity contribution in [1.29, 1.82) is 0 Å². The van der Waals surface area contributed by atoms with E-state index in [9.17, 15) is 12.8 Å². The SMILES string of the molecule is O=S(=O)(Nc1cccc(Cl)c1F)c1ccc(Br)c(Cl)c1. The maximum Gasteiger partial charge on any atom is 0.262 e. The molecule has 0 fully saturated rings. The van der Waals surface area contributed by atoms with Crippen molar-refractivity contribution in [2.45, 2.75) is 4.90 Å². The van der Waals surface area contributed by atoms with E-state index in [2.05, 4.69) is 20.7 Å². The molecule has 0 unspecified atom stereocenters. The minimum absolute atomic E-state index is 0.0786. The number of rotatable bonds is 3. The van der Waals surface area contributed by atoms with Crippen molar-refractivity contribution in [1.82, 2.24) is 0 Å². The third-order valence-corrected chi connectivity index (χ3v) is 5.28. The van der Waals surface area contributed by atoms with E-state index >= 15 is 0 Å². The predicted octanol–water partition coefficient (Wildman–Crippen LogP) is 4.70. The maximum atomic E-state index is 13.7. The first-order valence-corrected chi connectivity index (χ1v) is 8.26. The first-order valence-electron chi connectivity index (χ1n) is 5.23. The molecule has 2 aromatic carbocycles. The number of sulfonamides is 1. The van der Waals surface area contributed by atoms with Gasteiger partial charge in [0, 0.05) is 4.47 Å². The molecule has 0 bridgehead atoms. The Labute approximate surface area is 133 Å². The lowest BCUT2D eigenvalue weighted by Gasteiger charge is -2.10. The highest BCUT2D eigenvalue weighted by atomic mass is 79.9. The molecule has 3 nitrogen and oxygen atoms in total. The molecule has 0 aliphatic rings. The van der Waals surface area contributed by atoms with Crippen molar-refractivity contribution in [3.05, 3.63) is 56.7 Å². The van der Waals surface area contributed by atoms with Crippen LogP contribution >= 0.6 is 39.1 Å². The van der Waals surface area contributed by atoms with Gasteiger partial charge in [0.15, 0.2) is 5.82 Å². The van der Waals surface area contributed by atoms with Gasteiger partial charge in [-0.15, -0.1) is 0 Å². The zero-order valence-electron chi connectivity index (χ0n) is 9.70. The highest BCUT2D eigenvalue weighted by molar-refractivity contribution is 9.10. The summed E-state index contributed by atoms with van der Waals surface area (Å²) in [6.07, 6.45) is 0. The Morgan fingerprint density at radius 2 is 1.80 bits per heavy atom. The van der Waals surface area contributed by atoms with Crippen LogP contribution in [0.25, 0.3) is 0 Å². The van der Waals surface area contributed by atoms with Crippen molar-refractivity contribution in [3.8, 4) is 0 Å². The second-order valence-electron chi connectivity index (χ2n) is 3.78. The van der Waals surface area contributed by atoms with Gasteiger partial charge in [-0.1, -0.05) is 29.3 Å². The van der Waals surface area contributed by atoms with E-state index in [0.29, 0.717) is 4.47 Å². The molecule has 0 radical (unpaired) electrons. The summed E-state index contributed by atoms with van der Waals surface area (Å²) in [5, 5.41) is 0.0680. The third kappa shape index (κ3) is 3.25. The largest absolute Gasteiger partial charge is 0.277 e. The first kappa shape index (κ1) is 15.6. The van der Waals surface area contributed by atoms with Gasteiger partial charge in [0.2, 0.25) is 0 Å². The number of benzene rings is 2. The molecule has 1 N–H and O–H groups in total. The van der Waals surface area contributed by atoms with Crippen molar-refractivity contribution in [3.63, 3.8) is 0 Å². The Bertz CT molecular complexity index is 768. The summed E-state index contributed by atoms with van der Waals surface area (Å²) >= 11 is 14.6. The molecule has 2 rings (SSSR count). The van der Waals surface area contributed by atoms with Crippen molar-refractivity contribution < 1.29 is 12.8 Å². The number of anilines is 1. The number of halogens is 4. The van der Waals surface area contributed by atoms with Gasteiger partial charge >= 0.3 is 0 Å². The molecule has 0 amide bonds. The maximum absolute atomic E-state index is 13.7. The molecular formula is C12H7BrCl2FNO2S. The summed E-state index contributed by atoms with van der Waals surface area (Å²) < 4.78 is 40.7. The molecule has 0 aromatic heterocycles. The van der Waals surface area contributed by atoms with Gasteiger partial charge in [-0.05, 0) is 46.3 Å². The number of nitrogens with one attached hydrogen (secondary N) is 1. The quantitative estimate of drug-likeness (QED) is 0.814. The normalized spacial score (nSPS) is 11.4. The molecular weight excluding hydrogens is 392 g/mol. The molecule has 106 valence electrons. The molecule has 2 aromatic rings. The lowest BCUT2D eigenvalue weighted by atomic mass is 10.3. The third-order valence-electron chi connectivity index (χ3n) is 2.40. The van der Waals surface area contributed by atoms with E-state index in [0.717, 1.165) is 0 Å². The van der Waals surface area contributed by atoms with Crippen LogP contribution in [0.15, 0.2) is 45.8 Å². The average molecular weight is 399 g/mol. The zero-order chi connectivity index (χ0) is 14.9. The van der Waals surface area contributed by atoms with Crippen LogP contribution in [0.2, 0.25) is 10.0 Å². The van der Waals surface area contributed by atoms with Gasteiger partial charge in [-0.25, -0.2) is 12.8 Å². The Hall–Kier alpha value is -0.820. The first-order chi connectivity index (χ1) is 9.31. The summed E-state index contributed by atoms with van der Waals surface area (Å²) in [5.41, 5.74) is -0.225. The van der Waals surface area contributed by atoms with Crippen LogP contribution in [0.1, 0.15) is 0 Å². The predicted molar refractivity (Wildman–Crippen MR) is 81.4 cm³/mol. The van der Waals surface area contributed by atoms with E-state index in [1.165, 1.54) is 36.4 Å². The van der Waals surface area contributed by atoms with Crippen LogP contribution < -0.4 is 4.72 Å². The van der Waals surface area contributed by atoms with E-state index in [1.807, 2.05) is 0 Å². The van der Waals surface area contributed by atoms with E-state index < -0.39 is 15.8 Å². The number of hydrogen-bond acceptors (Lipinski definition) is 2. The molecule has 0 aliphatic heterocycles. The van der Waals surface area contributed by atoms with Crippen LogP contribution in [0.4, 0.5) is 10.1 Å². The van der Waals surface area contributed by atoms with Gasteiger partial charge in [0.25, 0.3) is 10.0 Å². The molecule has 0 saturated carbocycles. The monoisotopic (exact) mass is 397 g/mol. The molecule has 0 spiro atoms. The van der Waals surface area contributed by atoms with Crippen molar-refractivity contribution in [2.75, 3.05) is 4.72 Å². The lowest BCUT2D eigenvalue weighted by Crippen LogP contribution is -2.14. The fraction of sp³-hybridized carbons (Fsp3) is 0. The molecule has 0 aliphatic carbocycles.